The Hall–Kier alpha value is -1.81. The van der Waals surface area contributed by atoms with E-state index in [2.05, 4.69) is 4.72 Å². The Labute approximate surface area is 114 Å². The molecule has 19 heavy (non-hydrogen) atoms. The Balaban J connectivity index is 2.42. The first-order valence-electron chi connectivity index (χ1n) is 6.06. The zero-order valence-electron chi connectivity index (χ0n) is 11.3. The van der Waals surface area contributed by atoms with Crippen LogP contribution in [0, 0.1) is 20.8 Å². The number of hydrogen-bond acceptors (Lipinski definition) is 2. The van der Waals surface area contributed by atoms with Gasteiger partial charge in [0.25, 0.3) is 10.0 Å². The highest BCUT2D eigenvalue weighted by molar-refractivity contribution is 7.92. The summed E-state index contributed by atoms with van der Waals surface area (Å²) in [6, 6.07) is 12.6. The lowest BCUT2D eigenvalue weighted by Gasteiger charge is -2.13. The standard InChI is InChI=1S/C15H17NO2S/c1-11-6-4-9-14(10-11)19(17,18)16-15-12(2)7-5-8-13(15)3/h4-10,16H,1-3H3. The summed E-state index contributed by atoms with van der Waals surface area (Å²) in [5, 5.41) is 0. The molecule has 3 nitrogen and oxygen atoms in total. The first kappa shape index (κ1) is 13.6. The highest BCUT2D eigenvalue weighted by atomic mass is 32.2. The van der Waals surface area contributed by atoms with Crippen molar-refractivity contribution < 1.29 is 8.42 Å². The molecule has 100 valence electrons. The Kier molecular flexibility index (Phi) is 3.62. The van der Waals surface area contributed by atoms with Crippen molar-refractivity contribution in [3.8, 4) is 0 Å². The molecule has 0 saturated carbocycles. The molecule has 0 radical (unpaired) electrons. The molecule has 0 amide bonds. The maximum absolute atomic E-state index is 12.3. The molecular formula is C15H17NO2S. The van der Waals surface area contributed by atoms with Crippen molar-refractivity contribution in [1.82, 2.24) is 0 Å². The highest BCUT2D eigenvalue weighted by Gasteiger charge is 2.16. The van der Waals surface area contributed by atoms with E-state index in [0.717, 1.165) is 16.7 Å². The normalized spacial score (nSPS) is 11.3. The number of benzene rings is 2. The van der Waals surface area contributed by atoms with Crippen LogP contribution in [0.3, 0.4) is 0 Å². The second-order valence-electron chi connectivity index (χ2n) is 4.69. The number of nitrogens with one attached hydrogen (secondary N) is 1. The molecule has 0 saturated heterocycles. The lowest BCUT2D eigenvalue weighted by Crippen LogP contribution is -2.14. The van der Waals surface area contributed by atoms with Crippen LogP contribution in [0.15, 0.2) is 47.4 Å². The van der Waals surface area contributed by atoms with E-state index >= 15 is 0 Å². The third kappa shape index (κ3) is 2.96. The lowest BCUT2D eigenvalue weighted by molar-refractivity contribution is 0.601. The summed E-state index contributed by atoms with van der Waals surface area (Å²) in [6.07, 6.45) is 0. The van der Waals surface area contributed by atoms with Gasteiger partial charge in [-0.2, -0.15) is 0 Å². The molecule has 4 heteroatoms. The number of anilines is 1. The minimum atomic E-state index is -3.53. The van der Waals surface area contributed by atoms with E-state index in [1.807, 2.05) is 45.0 Å². The van der Waals surface area contributed by atoms with Gasteiger partial charge < -0.3 is 0 Å². The topological polar surface area (TPSA) is 46.2 Å². The molecule has 0 spiro atoms. The molecule has 0 unspecified atom stereocenters. The van der Waals surface area contributed by atoms with Gasteiger partial charge in [0.2, 0.25) is 0 Å². The molecular weight excluding hydrogens is 258 g/mol. The second-order valence-corrected chi connectivity index (χ2v) is 6.37. The van der Waals surface area contributed by atoms with E-state index in [4.69, 9.17) is 0 Å². The maximum atomic E-state index is 12.3. The van der Waals surface area contributed by atoms with Crippen molar-refractivity contribution in [3.05, 3.63) is 59.2 Å². The average molecular weight is 275 g/mol. The van der Waals surface area contributed by atoms with Gasteiger partial charge in [0.15, 0.2) is 0 Å². The number of rotatable bonds is 3. The first-order chi connectivity index (χ1) is 8.90. The SMILES string of the molecule is Cc1cccc(S(=O)(=O)Nc2c(C)cccc2C)c1. The van der Waals surface area contributed by atoms with Crippen LogP contribution < -0.4 is 4.72 Å². The zero-order chi connectivity index (χ0) is 14.0. The Morgan fingerprint density at radius 3 is 2.05 bits per heavy atom. The quantitative estimate of drug-likeness (QED) is 0.933. The molecule has 0 fully saturated rings. The van der Waals surface area contributed by atoms with Gasteiger partial charge in [0.05, 0.1) is 10.6 Å². The second kappa shape index (κ2) is 5.05. The maximum Gasteiger partial charge on any atom is 0.261 e. The summed E-state index contributed by atoms with van der Waals surface area (Å²) in [5.74, 6) is 0. The van der Waals surface area contributed by atoms with Gasteiger partial charge in [-0.05, 0) is 49.6 Å². The van der Waals surface area contributed by atoms with Gasteiger partial charge in [-0.3, -0.25) is 4.72 Å². The number of aryl methyl sites for hydroxylation is 3. The Morgan fingerprint density at radius 1 is 0.895 bits per heavy atom. The Morgan fingerprint density at radius 2 is 1.47 bits per heavy atom. The van der Waals surface area contributed by atoms with Gasteiger partial charge in [-0.15, -0.1) is 0 Å². The summed E-state index contributed by atoms with van der Waals surface area (Å²) >= 11 is 0. The van der Waals surface area contributed by atoms with E-state index in [1.165, 1.54) is 0 Å². The molecule has 0 aliphatic heterocycles. The summed E-state index contributed by atoms with van der Waals surface area (Å²) in [6.45, 7) is 5.65. The largest absolute Gasteiger partial charge is 0.279 e. The van der Waals surface area contributed by atoms with Crippen LogP contribution in [0.2, 0.25) is 0 Å². The summed E-state index contributed by atoms with van der Waals surface area (Å²) < 4.78 is 27.4. The molecule has 0 heterocycles. The molecule has 0 atom stereocenters. The molecule has 2 rings (SSSR count). The van der Waals surface area contributed by atoms with E-state index < -0.39 is 10.0 Å². The fourth-order valence-electron chi connectivity index (χ4n) is 1.95. The van der Waals surface area contributed by atoms with Gasteiger partial charge in [0.1, 0.15) is 0 Å². The predicted molar refractivity (Wildman–Crippen MR) is 77.9 cm³/mol. The van der Waals surface area contributed by atoms with Crippen LogP contribution in [0.25, 0.3) is 0 Å². The van der Waals surface area contributed by atoms with Gasteiger partial charge in [-0.1, -0.05) is 30.3 Å². The van der Waals surface area contributed by atoms with Crippen molar-refractivity contribution in [2.45, 2.75) is 25.7 Å². The van der Waals surface area contributed by atoms with Crippen LogP contribution in [0.1, 0.15) is 16.7 Å². The number of sulfonamides is 1. The first-order valence-corrected chi connectivity index (χ1v) is 7.54. The summed E-state index contributed by atoms with van der Waals surface area (Å²) in [4.78, 5) is 0.287. The van der Waals surface area contributed by atoms with E-state index in [-0.39, 0.29) is 4.90 Å². The highest BCUT2D eigenvalue weighted by Crippen LogP contribution is 2.23. The van der Waals surface area contributed by atoms with Crippen molar-refractivity contribution >= 4 is 15.7 Å². The fraction of sp³-hybridized carbons (Fsp3) is 0.200. The van der Waals surface area contributed by atoms with E-state index in [1.54, 1.807) is 18.2 Å². The molecule has 1 N–H and O–H groups in total. The monoisotopic (exact) mass is 275 g/mol. The van der Waals surface area contributed by atoms with Crippen molar-refractivity contribution in [2.75, 3.05) is 4.72 Å². The third-order valence-corrected chi connectivity index (χ3v) is 4.36. The van der Waals surface area contributed by atoms with Crippen LogP contribution in [-0.4, -0.2) is 8.42 Å². The predicted octanol–water partition coefficient (Wildman–Crippen LogP) is 3.41. The summed E-state index contributed by atoms with van der Waals surface area (Å²) in [5.41, 5.74) is 3.40. The fourth-order valence-corrected chi connectivity index (χ4v) is 3.26. The van der Waals surface area contributed by atoms with Gasteiger partial charge in [0, 0.05) is 0 Å². The molecule has 0 bridgehead atoms. The average Bonchev–Trinajstić information content (AvgIpc) is 2.34. The zero-order valence-corrected chi connectivity index (χ0v) is 12.1. The molecule has 0 aliphatic carbocycles. The van der Waals surface area contributed by atoms with E-state index in [0.29, 0.717) is 5.69 Å². The van der Waals surface area contributed by atoms with Crippen LogP contribution in [-0.2, 0) is 10.0 Å². The molecule has 0 aromatic heterocycles. The van der Waals surface area contributed by atoms with Crippen molar-refractivity contribution in [3.63, 3.8) is 0 Å². The van der Waals surface area contributed by atoms with Gasteiger partial charge in [-0.25, -0.2) is 8.42 Å². The minimum Gasteiger partial charge on any atom is -0.279 e. The molecule has 0 aliphatic rings. The van der Waals surface area contributed by atoms with Crippen molar-refractivity contribution in [1.29, 1.82) is 0 Å². The van der Waals surface area contributed by atoms with Crippen LogP contribution in [0.5, 0.6) is 0 Å². The molecule has 2 aromatic rings. The third-order valence-electron chi connectivity index (χ3n) is 3.02. The van der Waals surface area contributed by atoms with Crippen LogP contribution >= 0.6 is 0 Å². The van der Waals surface area contributed by atoms with Gasteiger partial charge >= 0.3 is 0 Å². The smallest absolute Gasteiger partial charge is 0.261 e. The van der Waals surface area contributed by atoms with Crippen molar-refractivity contribution in [2.24, 2.45) is 0 Å². The van der Waals surface area contributed by atoms with Crippen LogP contribution in [0.4, 0.5) is 5.69 Å². The number of para-hydroxylation sites is 1. The van der Waals surface area contributed by atoms with E-state index in [9.17, 15) is 8.42 Å². The minimum absolute atomic E-state index is 0.287. The summed E-state index contributed by atoms with van der Waals surface area (Å²) in [7, 11) is -3.53. The molecule has 2 aromatic carbocycles. The Bertz CT molecular complexity index is 686. The lowest BCUT2D eigenvalue weighted by atomic mass is 10.1. The number of hydrogen-bond donors (Lipinski definition) is 1.